The summed E-state index contributed by atoms with van der Waals surface area (Å²) in [5.74, 6) is 0.333. The number of furan rings is 1. The zero-order chi connectivity index (χ0) is 21.9. The van der Waals surface area contributed by atoms with Crippen LogP contribution >= 0.6 is 11.8 Å². The number of thioether (sulfide) groups is 1. The van der Waals surface area contributed by atoms with E-state index in [0.29, 0.717) is 11.4 Å². The molecule has 0 unspecified atom stereocenters. The Bertz CT molecular complexity index is 1020. The van der Waals surface area contributed by atoms with Gasteiger partial charge in [0.05, 0.1) is 11.0 Å². The SMILES string of the molecule is CC(C)(C)OC(=O)n1c(SC(C)(C)C(=O)Nc2ccccc2)nnc1-c1ccco1. The van der Waals surface area contributed by atoms with Crippen LogP contribution in [0.1, 0.15) is 34.6 Å². The second-order valence-corrected chi connectivity index (χ2v) is 9.62. The Balaban J connectivity index is 1.91. The highest BCUT2D eigenvalue weighted by molar-refractivity contribution is 8.01. The van der Waals surface area contributed by atoms with E-state index in [1.54, 1.807) is 58.9 Å². The number of carbonyl (C=O) groups is 2. The van der Waals surface area contributed by atoms with E-state index in [2.05, 4.69) is 15.5 Å². The maximum Gasteiger partial charge on any atom is 0.422 e. The van der Waals surface area contributed by atoms with Gasteiger partial charge in [-0.2, -0.15) is 0 Å². The maximum absolute atomic E-state index is 12.9. The van der Waals surface area contributed by atoms with Crippen molar-refractivity contribution in [1.82, 2.24) is 14.8 Å². The Morgan fingerprint density at radius 3 is 2.33 bits per heavy atom. The lowest BCUT2D eigenvalue weighted by molar-refractivity contribution is -0.117. The Labute approximate surface area is 179 Å². The predicted molar refractivity (Wildman–Crippen MR) is 114 cm³/mol. The van der Waals surface area contributed by atoms with Crippen molar-refractivity contribution in [2.45, 2.75) is 50.1 Å². The van der Waals surface area contributed by atoms with Gasteiger partial charge in [-0.3, -0.25) is 4.79 Å². The topological polar surface area (TPSA) is 99.2 Å². The number of amides is 1. The van der Waals surface area contributed by atoms with Crippen molar-refractivity contribution in [2.75, 3.05) is 5.32 Å². The second-order valence-electron chi connectivity index (χ2n) is 8.03. The zero-order valence-electron chi connectivity index (χ0n) is 17.5. The molecule has 0 aliphatic heterocycles. The number of rotatable bonds is 5. The standard InChI is InChI=1S/C21H24N4O4S/c1-20(2,3)29-19(27)25-16(15-12-9-13-28-15)23-24-18(25)30-21(4,5)17(26)22-14-10-7-6-8-11-14/h6-13H,1-5H3,(H,22,26). The first kappa shape index (κ1) is 21.6. The summed E-state index contributed by atoms with van der Waals surface area (Å²) in [4.78, 5) is 25.8. The second kappa shape index (κ2) is 8.35. The van der Waals surface area contributed by atoms with Crippen LogP contribution in [0.2, 0.25) is 0 Å². The van der Waals surface area contributed by atoms with E-state index in [-0.39, 0.29) is 16.9 Å². The minimum atomic E-state index is -0.955. The van der Waals surface area contributed by atoms with Crippen LogP contribution in [0.4, 0.5) is 10.5 Å². The summed E-state index contributed by atoms with van der Waals surface area (Å²) < 4.78 is 11.2. The first-order chi connectivity index (χ1) is 14.1. The highest BCUT2D eigenvalue weighted by Crippen LogP contribution is 2.35. The molecular weight excluding hydrogens is 404 g/mol. The van der Waals surface area contributed by atoms with Crippen molar-refractivity contribution < 1.29 is 18.7 Å². The molecule has 30 heavy (non-hydrogen) atoms. The summed E-state index contributed by atoms with van der Waals surface area (Å²) in [5, 5.41) is 11.3. The number of nitrogens with zero attached hydrogens (tertiary/aromatic N) is 3. The van der Waals surface area contributed by atoms with Gasteiger partial charge in [0.25, 0.3) is 0 Å². The molecule has 9 heteroatoms. The van der Waals surface area contributed by atoms with Crippen molar-refractivity contribution in [2.24, 2.45) is 0 Å². The number of para-hydroxylation sites is 1. The van der Waals surface area contributed by atoms with E-state index in [1.165, 1.54) is 10.8 Å². The van der Waals surface area contributed by atoms with E-state index in [9.17, 15) is 9.59 Å². The molecule has 1 aromatic carbocycles. The highest BCUT2D eigenvalue weighted by Gasteiger charge is 2.34. The Morgan fingerprint density at radius 1 is 1.03 bits per heavy atom. The van der Waals surface area contributed by atoms with Crippen LogP contribution in [-0.4, -0.2) is 37.1 Å². The fraction of sp³-hybridized carbons (Fsp3) is 0.333. The number of hydrogen-bond acceptors (Lipinski definition) is 7. The van der Waals surface area contributed by atoms with Gasteiger partial charge in [-0.15, -0.1) is 10.2 Å². The largest absolute Gasteiger partial charge is 0.461 e. The van der Waals surface area contributed by atoms with Gasteiger partial charge in [-0.1, -0.05) is 30.0 Å². The average molecular weight is 429 g/mol. The molecule has 0 saturated carbocycles. The Kier molecular flexibility index (Phi) is 6.02. The number of aromatic nitrogens is 3. The van der Waals surface area contributed by atoms with Crippen molar-refractivity contribution >= 4 is 29.4 Å². The van der Waals surface area contributed by atoms with Crippen molar-refractivity contribution in [1.29, 1.82) is 0 Å². The summed E-state index contributed by atoms with van der Waals surface area (Å²) in [5.41, 5.74) is -0.0368. The Morgan fingerprint density at radius 2 is 1.73 bits per heavy atom. The molecule has 0 aliphatic carbocycles. The number of nitrogens with one attached hydrogen (secondary N) is 1. The lowest BCUT2D eigenvalue weighted by Gasteiger charge is -2.24. The third-order valence-electron chi connectivity index (χ3n) is 3.88. The quantitative estimate of drug-likeness (QED) is 0.581. The van der Waals surface area contributed by atoms with Crippen LogP contribution in [0.25, 0.3) is 11.6 Å². The van der Waals surface area contributed by atoms with Crippen molar-refractivity contribution in [3.05, 3.63) is 48.7 Å². The van der Waals surface area contributed by atoms with Crippen LogP contribution in [0, 0.1) is 0 Å². The van der Waals surface area contributed by atoms with E-state index < -0.39 is 16.4 Å². The van der Waals surface area contributed by atoms with Gasteiger partial charge in [-0.25, -0.2) is 9.36 Å². The van der Waals surface area contributed by atoms with Gasteiger partial charge >= 0.3 is 6.09 Å². The average Bonchev–Trinajstić information content (AvgIpc) is 3.30. The number of ether oxygens (including phenoxy) is 1. The molecule has 2 heterocycles. The number of carbonyl (C=O) groups excluding carboxylic acids is 2. The minimum Gasteiger partial charge on any atom is -0.461 e. The molecular formula is C21H24N4O4S. The zero-order valence-corrected chi connectivity index (χ0v) is 18.3. The van der Waals surface area contributed by atoms with Crippen LogP contribution in [-0.2, 0) is 9.53 Å². The fourth-order valence-electron chi connectivity index (χ4n) is 2.45. The predicted octanol–water partition coefficient (Wildman–Crippen LogP) is 4.83. The molecule has 3 aromatic rings. The third-order valence-corrected chi connectivity index (χ3v) is 5.02. The monoisotopic (exact) mass is 428 g/mol. The van der Waals surface area contributed by atoms with Gasteiger partial charge in [0, 0.05) is 5.69 Å². The van der Waals surface area contributed by atoms with Gasteiger partial charge in [0.15, 0.2) is 5.76 Å². The summed E-state index contributed by atoms with van der Waals surface area (Å²) in [6, 6.07) is 12.5. The molecule has 0 aliphatic rings. The molecule has 0 saturated heterocycles. The molecule has 0 fully saturated rings. The molecule has 158 valence electrons. The van der Waals surface area contributed by atoms with Gasteiger partial charge in [0.2, 0.25) is 16.9 Å². The molecule has 0 atom stereocenters. The summed E-state index contributed by atoms with van der Waals surface area (Å²) in [7, 11) is 0. The molecule has 2 aromatic heterocycles. The van der Waals surface area contributed by atoms with Gasteiger partial charge in [0.1, 0.15) is 5.60 Å². The molecule has 0 bridgehead atoms. The first-order valence-electron chi connectivity index (χ1n) is 9.35. The minimum absolute atomic E-state index is 0.205. The molecule has 8 nitrogen and oxygen atoms in total. The number of hydrogen-bond donors (Lipinski definition) is 1. The lowest BCUT2D eigenvalue weighted by Crippen LogP contribution is -2.35. The maximum atomic E-state index is 12.9. The molecule has 1 amide bonds. The van der Waals surface area contributed by atoms with Gasteiger partial charge < -0.3 is 14.5 Å². The number of anilines is 1. The Hall–Kier alpha value is -3.07. The molecule has 0 radical (unpaired) electrons. The fourth-order valence-corrected chi connectivity index (χ4v) is 3.39. The van der Waals surface area contributed by atoms with Crippen LogP contribution < -0.4 is 5.32 Å². The molecule has 0 spiro atoms. The number of benzene rings is 1. The van der Waals surface area contributed by atoms with Gasteiger partial charge in [-0.05, 0) is 58.9 Å². The molecule has 3 rings (SSSR count). The van der Waals surface area contributed by atoms with Crippen LogP contribution in [0.3, 0.4) is 0 Å². The highest BCUT2D eigenvalue weighted by atomic mass is 32.2. The normalized spacial score (nSPS) is 11.9. The summed E-state index contributed by atoms with van der Waals surface area (Å²) in [6.45, 7) is 8.80. The lowest BCUT2D eigenvalue weighted by atomic mass is 10.2. The van der Waals surface area contributed by atoms with E-state index >= 15 is 0 Å². The van der Waals surface area contributed by atoms with E-state index in [4.69, 9.17) is 9.15 Å². The van der Waals surface area contributed by atoms with Crippen LogP contribution in [0.15, 0.2) is 58.3 Å². The van der Waals surface area contributed by atoms with Crippen molar-refractivity contribution in [3.63, 3.8) is 0 Å². The van der Waals surface area contributed by atoms with E-state index in [0.717, 1.165) is 11.8 Å². The van der Waals surface area contributed by atoms with Crippen LogP contribution in [0.5, 0.6) is 0 Å². The molecule has 1 N–H and O–H groups in total. The third kappa shape index (κ3) is 5.10. The van der Waals surface area contributed by atoms with E-state index in [1.807, 2.05) is 18.2 Å². The smallest absolute Gasteiger partial charge is 0.422 e. The summed E-state index contributed by atoms with van der Waals surface area (Å²) in [6.07, 6.45) is 0.828. The first-order valence-corrected chi connectivity index (χ1v) is 10.2. The van der Waals surface area contributed by atoms with Crippen molar-refractivity contribution in [3.8, 4) is 11.6 Å². The summed E-state index contributed by atoms with van der Waals surface area (Å²) >= 11 is 1.11.